The van der Waals surface area contributed by atoms with Gasteiger partial charge in [0.15, 0.2) is 0 Å². The van der Waals surface area contributed by atoms with Crippen LogP contribution < -0.4 is 16.0 Å². The van der Waals surface area contributed by atoms with Crippen LogP contribution in [0.25, 0.3) is 0 Å². The molecule has 0 aliphatic carbocycles. The number of hydrogen-bond acceptors (Lipinski definition) is 4. The lowest BCUT2D eigenvalue weighted by Crippen LogP contribution is -2.08. The fraction of sp³-hybridized carbons (Fsp3) is 0.231. The van der Waals surface area contributed by atoms with Crippen molar-refractivity contribution >= 4 is 0 Å². The summed E-state index contributed by atoms with van der Waals surface area (Å²) >= 11 is 0. The Bertz CT molecular complexity index is 620. The first-order valence-corrected chi connectivity index (χ1v) is 5.64. The summed E-state index contributed by atoms with van der Waals surface area (Å²) in [7, 11) is 0. The number of aryl methyl sites for hydroxylation is 2. The molecular weight excluding hydrogens is 230 g/mol. The number of nitrogens with one attached hydrogen (secondary N) is 1. The van der Waals surface area contributed by atoms with Crippen LogP contribution in [0.4, 0.5) is 0 Å². The number of ether oxygens (including phenoxy) is 1. The molecule has 1 heterocycles. The second kappa shape index (κ2) is 5.01. The fourth-order valence-electron chi connectivity index (χ4n) is 1.60. The van der Waals surface area contributed by atoms with E-state index in [-0.39, 0.29) is 11.4 Å². The summed E-state index contributed by atoms with van der Waals surface area (Å²) in [6.45, 7) is 4.07. The van der Waals surface area contributed by atoms with Crippen molar-refractivity contribution in [2.45, 2.75) is 20.4 Å². The van der Waals surface area contributed by atoms with Crippen LogP contribution in [0, 0.1) is 13.8 Å². The van der Waals surface area contributed by atoms with Gasteiger partial charge in [0.2, 0.25) is 5.88 Å². The van der Waals surface area contributed by atoms with E-state index in [9.17, 15) is 4.79 Å². The van der Waals surface area contributed by atoms with Crippen molar-refractivity contribution in [3.05, 3.63) is 51.6 Å². The Morgan fingerprint density at radius 1 is 1.33 bits per heavy atom. The average molecular weight is 245 g/mol. The summed E-state index contributed by atoms with van der Waals surface area (Å²) in [4.78, 5) is 18.0. The van der Waals surface area contributed by atoms with Gasteiger partial charge in [-0.25, -0.2) is 4.98 Å². The number of hydrogen-bond donors (Lipinski definition) is 2. The summed E-state index contributed by atoms with van der Waals surface area (Å²) < 4.78 is 5.63. The minimum atomic E-state index is -0.231. The van der Waals surface area contributed by atoms with Gasteiger partial charge in [0, 0.05) is 6.54 Å². The molecule has 0 fully saturated rings. The van der Waals surface area contributed by atoms with E-state index in [4.69, 9.17) is 10.5 Å². The van der Waals surface area contributed by atoms with Crippen molar-refractivity contribution in [3.8, 4) is 11.6 Å². The molecule has 3 N–H and O–H groups in total. The van der Waals surface area contributed by atoms with E-state index < -0.39 is 0 Å². The van der Waals surface area contributed by atoms with Crippen molar-refractivity contribution in [1.29, 1.82) is 0 Å². The van der Waals surface area contributed by atoms with E-state index in [1.54, 1.807) is 6.92 Å². The molecular formula is C13H15N3O2. The quantitative estimate of drug-likeness (QED) is 0.861. The normalized spacial score (nSPS) is 10.4. The van der Waals surface area contributed by atoms with Gasteiger partial charge < -0.3 is 15.5 Å². The molecule has 0 amide bonds. The fourth-order valence-corrected chi connectivity index (χ4v) is 1.60. The molecule has 1 aromatic heterocycles. The average Bonchev–Trinajstić information content (AvgIpc) is 2.30. The zero-order chi connectivity index (χ0) is 13.1. The monoisotopic (exact) mass is 245 g/mol. The van der Waals surface area contributed by atoms with E-state index >= 15 is 0 Å². The van der Waals surface area contributed by atoms with Crippen molar-refractivity contribution in [3.63, 3.8) is 0 Å². The van der Waals surface area contributed by atoms with Crippen LogP contribution in [0.2, 0.25) is 0 Å². The van der Waals surface area contributed by atoms with Crippen LogP contribution >= 0.6 is 0 Å². The minimum absolute atomic E-state index is 0.231. The van der Waals surface area contributed by atoms with Gasteiger partial charge in [-0.05, 0) is 31.0 Å². The largest absolute Gasteiger partial charge is 0.438 e. The molecule has 0 radical (unpaired) electrons. The van der Waals surface area contributed by atoms with Crippen LogP contribution in [0.5, 0.6) is 11.6 Å². The number of nitrogens with two attached hydrogens (primary N) is 1. The predicted octanol–water partition coefficient (Wildman–Crippen LogP) is 1.64. The smallest absolute Gasteiger partial charge is 0.254 e. The van der Waals surface area contributed by atoms with Crippen LogP contribution in [0.1, 0.15) is 17.0 Å². The Balaban J connectivity index is 2.36. The molecule has 18 heavy (non-hydrogen) atoms. The first-order chi connectivity index (χ1) is 8.58. The number of rotatable bonds is 3. The molecule has 0 unspecified atom stereocenters. The van der Waals surface area contributed by atoms with Crippen LogP contribution in [-0.2, 0) is 6.54 Å². The Morgan fingerprint density at radius 3 is 2.78 bits per heavy atom. The Labute approximate surface area is 105 Å². The maximum Gasteiger partial charge on any atom is 0.254 e. The Kier molecular flexibility index (Phi) is 3.43. The van der Waals surface area contributed by atoms with E-state index in [1.165, 1.54) is 6.07 Å². The summed E-state index contributed by atoms with van der Waals surface area (Å²) in [5.74, 6) is 1.47. The van der Waals surface area contributed by atoms with Gasteiger partial charge in [-0.15, -0.1) is 0 Å². The number of benzene rings is 1. The Hall–Kier alpha value is -2.14. The molecule has 0 aliphatic rings. The van der Waals surface area contributed by atoms with E-state index in [2.05, 4.69) is 9.97 Å². The summed E-state index contributed by atoms with van der Waals surface area (Å²) in [5.41, 5.74) is 7.29. The predicted molar refractivity (Wildman–Crippen MR) is 68.7 cm³/mol. The third-order valence-electron chi connectivity index (χ3n) is 2.54. The summed E-state index contributed by atoms with van der Waals surface area (Å²) in [6, 6.07) is 7.05. The van der Waals surface area contributed by atoms with E-state index in [0.717, 1.165) is 11.1 Å². The van der Waals surface area contributed by atoms with Gasteiger partial charge in [0.25, 0.3) is 5.56 Å². The molecule has 5 nitrogen and oxygen atoms in total. The van der Waals surface area contributed by atoms with Gasteiger partial charge in [-0.2, -0.15) is 0 Å². The number of aromatic nitrogens is 2. The van der Waals surface area contributed by atoms with Crippen LogP contribution in [-0.4, -0.2) is 9.97 Å². The molecule has 1 aromatic carbocycles. The molecule has 0 spiro atoms. The third kappa shape index (κ3) is 2.75. The zero-order valence-corrected chi connectivity index (χ0v) is 10.4. The highest BCUT2D eigenvalue weighted by molar-refractivity contribution is 5.38. The van der Waals surface area contributed by atoms with Crippen molar-refractivity contribution in [2.24, 2.45) is 5.73 Å². The SMILES string of the molecule is Cc1nc(Oc2cc(CN)ccc2C)cc(=O)[nH]1. The highest BCUT2D eigenvalue weighted by atomic mass is 16.5. The van der Waals surface area contributed by atoms with Crippen molar-refractivity contribution in [1.82, 2.24) is 9.97 Å². The van der Waals surface area contributed by atoms with Crippen molar-refractivity contribution < 1.29 is 4.74 Å². The lowest BCUT2D eigenvalue weighted by Gasteiger charge is -2.09. The van der Waals surface area contributed by atoms with Gasteiger partial charge in [0.05, 0.1) is 6.07 Å². The topological polar surface area (TPSA) is 81.0 Å². The molecule has 2 rings (SSSR count). The van der Waals surface area contributed by atoms with Crippen LogP contribution in [0.15, 0.2) is 29.1 Å². The first-order valence-electron chi connectivity index (χ1n) is 5.64. The zero-order valence-electron chi connectivity index (χ0n) is 10.4. The molecule has 0 saturated carbocycles. The number of aromatic amines is 1. The molecule has 94 valence electrons. The first kappa shape index (κ1) is 12.3. The number of nitrogens with zero attached hydrogens (tertiary/aromatic N) is 1. The maximum atomic E-state index is 11.3. The molecule has 0 bridgehead atoms. The molecule has 0 saturated heterocycles. The molecule has 2 aromatic rings. The lowest BCUT2D eigenvalue weighted by molar-refractivity contribution is 0.455. The second-order valence-electron chi connectivity index (χ2n) is 4.08. The van der Waals surface area contributed by atoms with Gasteiger partial charge in [-0.3, -0.25) is 4.79 Å². The van der Waals surface area contributed by atoms with E-state index in [0.29, 0.717) is 18.1 Å². The molecule has 0 aliphatic heterocycles. The molecule has 5 heteroatoms. The maximum absolute atomic E-state index is 11.3. The van der Waals surface area contributed by atoms with E-state index in [1.807, 2.05) is 25.1 Å². The van der Waals surface area contributed by atoms with Gasteiger partial charge in [-0.1, -0.05) is 12.1 Å². The van der Waals surface area contributed by atoms with Gasteiger partial charge in [0.1, 0.15) is 11.6 Å². The molecule has 0 atom stereocenters. The van der Waals surface area contributed by atoms with Crippen molar-refractivity contribution in [2.75, 3.05) is 0 Å². The Morgan fingerprint density at radius 2 is 2.11 bits per heavy atom. The van der Waals surface area contributed by atoms with Crippen LogP contribution in [0.3, 0.4) is 0 Å². The summed E-state index contributed by atoms with van der Waals surface area (Å²) in [6.07, 6.45) is 0. The lowest BCUT2D eigenvalue weighted by atomic mass is 10.1. The highest BCUT2D eigenvalue weighted by Crippen LogP contribution is 2.24. The second-order valence-corrected chi connectivity index (χ2v) is 4.08. The third-order valence-corrected chi connectivity index (χ3v) is 2.54. The van der Waals surface area contributed by atoms with Gasteiger partial charge >= 0.3 is 0 Å². The summed E-state index contributed by atoms with van der Waals surface area (Å²) in [5, 5.41) is 0. The highest BCUT2D eigenvalue weighted by Gasteiger charge is 2.05. The minimum Gasteiger partial charge on any atom is -0.438 e. The standard InChI is InChI=1S/C13H15N3O2/c1-8-3-4-10(7-14)5-11(8)18-13-6-12(17)15-9(2)16-13/h3-6H,7,14H2,1-2H3,(H,15,16,17). The number of H-pyrrole nitrogens is 1.